The maximum atomic E-state index is 13.5. The lowest BCUT2D eigenvalue weighted by Gasteiger charge is -2.38. The van der Waals surface area contributed by atoms with Crippen LogP contribution in [0.25, 0.3) is 0 Å². The Balaban J connectivity index is 2.18. The summed E-state index contributed by atoms with van der Waals surface area (Å²) >= 11 is 0. The molecule has 1 fully saturated rings. The van der Waals surface area contributed by atoms with E-state index >= 15 is 0 Å². The molecule has 1 amide bonds. The topological polar surface area (TPSA) is 23.6 Å². The molecule has 0 radical (unpaired) electrons. The predicted octanol–water partition coefficient (Wildman–Crippen LogP) is 1.60. The minimum atomic E-state index is -0.441. The fraction of sp³-hybridized carbons (Fsp3) is 0.462. The zero-order valence-electron chi connectivity index (χ0n) is 10.2. The molecular weight excluding hydrogens is 219 g/mol. The molecule has 2 rings (SSSR count). The number of amides is 1. The van der Waals surface area contributed by atoms with E-state index in [2.05, 4.69) is 4.90 Å². The number of hydrogen-bond acceptors (Lipinski definition) is 2. The van der Waals surface area contributed by atoms with Crippen LogP contribution in [0.5, 0.6) is 0 Å². The quantitative estimate of drug-likeness (QED) is 0.739. The molecule has 92 valence electrons. The smallest absolute Gasteiger partial charge is 0.257 e. The minimum absolute atomic E-state index is 0.126. The predicted molar refractivity (Wildman–Crippen MR) is 64.4 cm³/mol. The summed E-state index contributed by atoms with van der Waals surface area (Å²) in [5, 5.41) is 0. The fourth-order valence-corrected chi connectivity index (χ4v) is 2.23. The lowest BCUT2D eigenvalue weighted by molar-refractivity contribution is 0.0529. The van der Waals surface area contributed by atoms with Crippen LogP contribution in [0.4, 0.5) is 4.39 Å². The van der Waals surface area contributed by atoms with Crippen molar-refractivity contribution < 1.29 is 9.18 Å². The van der Waals surface area contributed by atoms with E-state index in [4.69, 9.17) is 0 Å². The van der Waals surface area contributed by atoms with E-state index in [0.29, 0.717) is 6.54 Å². The molecule has 1 aromatic carbocycles. The molecule has 0 aliphatic carbocycles. The summed E-state index contributed by atoms with van der Waals surface area (Å²) in [4.78, 5) is 16.1. The molecule has 1 aliphatic rings. The van der Waals surface area contributed by atoms with Gasteiger partial charge in [0.15, 0.2) is 0 Å². The molecule has 0 aromatic heterocycles. The number of likely N-dealkylation sites (N-methyl/N-ethyl adjacent to an activating group) is 1. The van der Waals surface area contributed by atoms with E-state index in [9.17, 15) is 9.18 Å². The van der Waals surface area contributed by atoms with Crippen molar-refractivity contribution in [3.8, 4) is 0 Å². The van der Waals surface area contributed by atoms with Gasteiger partial charge < -0.3 is 9.80 Å². The highest BCUT2D eigenvalue weighted by Gasteiger charge is 2.27. The third kappa shape index (κ3) is 2.47. The van der Waals surface area contributed by atoms with Crippen LogP contribution >= 0.6 is 0 Å². The van der Waals surface area contributed by atoms with Crippen LogP contribution in [0.15, 0.2) is 24.3 Å². The zero-order valence-corrected chi connectivity index (χ0v) is 10.2. The number of carbonyl (C=O) groups excluding carboxylic acids is 1. The number of benzene rings is 1. The Morgan fingerprint density at radius 2 is 2.06 bits per heavy atom. The summed E-state index contributed by atoms with van der Waals surface area (Å²) in [6.07, 6.45) is 0. The summed E-state index contributed by atoms with van der Waals surface area (Å²) in [5.41, 5.74) is 0.170. The Hall–Kier alpha value is -1.42. The molecule has 1 saturated heterocycles. The first-order valence-electron chi connectivity index (χ1n) is 5.83. The second kappa shape index (κ2) is 4.84. The molecule has 0 spiro atoms. The summed E-state index contributed by atoms with van der Waals surface area (Å²) < 4.78 is 13.5. The van der Waals surface area contributed by atoms with Crippen molar-refractivity contribution in [3.63, 3.8) is 0 Å². The van der Waals surface area contributed by atoms with E-state index in [-0.39, 0.29) is 17.5 Å². The van der Waals surface area contributed by atoms with E-state index in [1.54, 1.807) is 23.1 Å². The number of piperazine rings is 1. The third-order valence-electron chi connectivity index (χ3n) is 3.20. The van der Waals surface area contributed by atoms with Crippen LogP contribution in [0.3, 0.4) is 0 Å². The molecule has 1 aromatic rings. The Morgan fingerprint density at radius 3 is 2.71 bits per heavy atom. The molecule has 0 saturated carbocycles. The van der Waals surface area contributed by atoms with Gasteiger partial charge >= 0.3 is 0 Å². The monoisotopic (exact) mass is 236 g/mol. The Kier molecular flexibility index (Phi) is 3.43. The van der Waals surface area contributed by atoms with E-state index in [1.165, 1.54) is 6.07 Å². The van der Waals surface area contributed by atoms with Crippen LogP contribution in [0.1, 0.15) is 17.3 Å². The second-order valence-corrected chi connectivity index (χ2v) is 4.59. The summed E-state index contributed by atoms with van der Waals surface area (Å²) in [7, 11) is 2.03. The molecule has 1 heterocycles. The average Bonchev–Trinajstić information content (AvgIpc) is 2.29. The molecule has 1 unspecified atom stereocenters. The summed E-state index contributed by atoms with van der Waals surface area (Å²) in [6, 6.07) is 6.29. The van der Waals surface area contributed by atoms with Gasteiger partial charge in [-0.25, -0.2) is 4.39 Å². The van der Waals surface area contributed by atoms with Crippen LogP contribution < -0.4 is 0 Å². The molecule has 4 heteroatoms. The first-order valence-corrected chi connectivity index (χ1v) is 5.83. The van der Waals surface area contributed by atoms with Gasteiger partial charge in [-0.3, -0.25) is 4.79 Å². The van der Waals surface area contributed by atoms with Gasteiger partial charge in [0.25, 0.3) is 5.91 Å². The van der Waals surface area contributed by atoms with Crippen molar-refractivity contribution in [1.29, 1.82) is 0 Å². The van der Waals surface area contributed by atoms with Crippen LogP contribution in [0, 0.1) is 5.82 Å². The van der Waals surface area contributed by atoms with E-state index < -0.39 is 5.82 Å². The molecule has 0 bridgehead atoms. The highest BCUT2D eigenvalue weighted by molar-refractivity contribution is 5.94. The number of rotatable bonds is 1. The Bertz CT molecular complexity index is 422. The van der Waals surface area contributed by atoms with Gasteiger partial charge in [-0.15, -0.1) is 0 Å². The molecule has 0 N–H and O–H groups in total. The molecule has 3 nitrogen and oxygen atoms in total. The average molecular weight is 236 g/mol. The molecular formula is C13H17FN2O. The first kappa shape index (κ1) is 12.0. The van der Waals surface area contributed by atoms with Gasteiger partial charge in [0.1, 0.15) is 5.82 Å². The van der Waals surface area contributed by atoms with Gasteiger partial charge in [-0.05, 0) is 26.1 Å². The fourth-order valence-electron chi connectivity index (χ4n) is 2.23. The maximum absolute atomic E-state index is 13.5. The minimum Gasteiger partial charge on any atom is -0.333 e. The van der Waals surface area contributed by atoms with Crippen molar-refractivity contribution in [2.75, 3.05) is 26.7 Å². The van der Waals surface area contributed by atoms with Gasteiger partial charge in [-0.2, -0.15) is 0 Å². The first-order chi connectivity index (χ1) is 8.09. The summed E-state index contributed by atoms with van der Waals surface area (Å²) in [5.74, 6) is -0.646. The van der Waals surface area contributed by atoms with E-state index in [1.807, 2.05) is 14.0 Å². The number of halogens is 1. The summed E-state index contributed by atoms with van der Waals surface area (Å²) in [6.45, 7) is 4.32. The zero-order chi connectivity index (χ0) is 12.4. The highest BCUT2D eigenvalue weighted by Crippen LogP contribution is 2.15. The standard InChI is InChI=1S/C13H17FN2O/c1-10-9-15(2)7-8-16(10)13(17)11-5-3-4-6-12(11)14/h3-6,10H,7-9H2,1-2H3. The molecule has 1 aliphatic heterocycles. The van der Waals surface area contributed by atoms with Gasteiger partial charge in [0.2, 0.25) is 0 Å². The Labute approximate surface area is 101 Å². The van der Waals surface area contributed by atoms with Crippen molar-refractivity contribution in [3.05, 3.63) is 35.6 Å². The van der Waals surface area contributed by atoms with Crippen molar-refractivity contribution in [2.45, 2.75) is 13.0 Å². The van der Waals surface area contributed by atoms with Gasteiger partial charge in [0, 0.05) is 25.7 Å². The normalized spacial score (nSPS) is 21.6. The van der Waals surface area contributed by atoms with Crippen LogP contribution in [0.2, 0.25) is 0 Å². The van der Waals surface area contributed by atoms with Crippen molar-refractivity contribution >= 4 is 5.91 Å². The number of carbonyl (C=O) groups is 1. The van der Waals surface area contributed by atoms with Gasteiger partial charge in [0.05, 0.1) is 5.56 Å². The molecule has 17 heavy (non-hydrogen) atoms. The van der Waals surface area contributed by atoms with Gasteiger partial charge in [-0.1, -0.05) is 12.1 Å². The Morgan fingerprint density at radius 1 is 1.35 bits per heavy atom. The number of nitrogens with zero attached hydrogens (tertiary/aromatic N) is 2. The molecule has 1 atom stereocenters. The number of hydrogen-bond donors (Lipinski definition) is 0. The van der Waals surface area contributed by atoms with Crippen LogP contribution in [-0.2, 0) is 0 Å². The van der Waals surface area contributed by atoms with E-state index in [0.717, 1.165) is 13.1 Å². The lowest BCUT2D eigenvalue weighted by Crippen LogP contribution is -2.52. The van der Waals surface area contributed by atoms with Crippen LogP contribution in [-0.4, -0.2) is 48.4 Å². The second-order valence-electron chi connectivity index (χ2n) is 4.59. The third-order valence-corrected chi connectivity index (χ3v) is 3.20. The van der Waals surface area contributed by atoms with Crippen molar-refractivity contribution in [1.82, 2.24) is 9.80 Å². The maximum Gasteiger partial charge on any atom is 0.257 e. The SMILES string of the molecule is CC1CN(C)CCN1C(=O)c1ccccc1F. The lowest BCUT2D eigenvalue weighted by atomic mass is 10.1. The largest absolute Gasteiger partial charge is 0.333 e. The van der Waals surface area contributed by atoms with Crippen molar-refractivity contribution in [2.24, 2.45) is 0 Å². The highest BCUT2D eigenvalue weighted by atomic mass is 19.1.